The van der Waals surface area contributed by atoms with Crippen LogP contribution in [0.25, 0.3) is 0 Å². The first-order valence-electron chi connectivity index (χ1n) is 6.22. The van der Waals surface area contributed by atoms with Crippen LogP contribution in [-0.2, 0) is 9.84 Å². The smallest absolute Gasteiger partial charge is 0.288 e. The number of aliphatic hydroxyl groups is 1. The highest BCUT2D eigenvalue weighted by Crippen LogP contribution is 2.29. The Balaban J connectivity index is 2.39. The average Bonchev–Trinajstić information content (AvgIpc) is 2.97. The van der Waals surface area contributed by atoms with Gasteiger partial charge in [0, 0.05) is 18.0 Å². The van der Waals surface area contributed by atoms with Gasteiger partial charge in [-0.2, -0.15) is 0 Å². The molecule has 8 nitrogen and oxygen atoms in total. The lowest BCUT2D eigenvalue weighted by atomic mass is 10.2. The molecule has 1 atom stereocenters. The van der Waals surface area contributed by atoms with Gasteiger partial charge >= 0.3 is 0 Å². The maximum absolute atomic E-state index is 11.7. The number of hydrogen-bond acceptors (Lipinski definition) is 7. The van der Waals surface area contributed by atoms with Gasteiger partial charge in [0.25, 0.3) is 5.69 Å². The predicted molar refractivity (Wildman–Crippen MR) is 78.4 cm³/mol. The van der Waals surface area contributed by atoms with Crippen molar-refractivity contribution in [2.45, 2.75) is 10.9 Å². The molecule has 0 radical (unpaired) electrons. The Labute approximate surface area is 126 Å². The summed E-state index contributed by atoms with van der Waals surface area (Å²) in [6.07, 6.45) is 2.34. The maximum Gasteiger partial charge on any atom is 0.288 e. The quantitative estimate of drug-likeness (QED) is 0.612. The fourth-order valence-electron chi connectivity index (χ4n) is 1.95. The second-order valence-electron chi connectivity index (χ2n) is 4.61. The van der Waals surface area contributed by atoms with Gasteiger partial charge in [-0.1, -0.05) is 0 Å². The average molecular weight is 326 g/mol. The number of nitrogens with one attached hydrogen (secondary N) is 1. The summed E-state index contributed by atoms with van der Waals surface area (Å²) in [6.45, 7) is -0.293. The first-order valence-corrected chi connectivity index (χ1v) is 8.11. The summed E-state index contributed by atoms with van der Waals surface area (Å²) in [5, 5.41) is 23.2. The number of furan rings is 1. The highest BCUT2D eigenvalue weighted by atomic mass is 32.2. The minimum atomic E-state index is -3.76. The third-order valence-corrected chi connectivity index (χ3v) is 4.09. The van der Waals surface area contributed by atoms with Crippen molar-refractivity contribution in [1.82, 2.24) is 0 Å². The largest absolute Gasteiger partial charge is 0.467 e. The van der Waals surface area contributed by atoms with Crippen LogP contribution in [0.1, 0.15) is 11.8 Å². The number of nitro groups is 1. The lowest BCUT2D eigenvalue weighted by molar-refractivity contribution is -0.387. The molecule has 1 heterocycles. The number of hydrogen-bond donors (Lipinski definition) is 2. The minimum absolute atomic E-state index is 0.293. The van der Waals surface area contributed by atoms with Crippen molar-refractivity contribution in [3.05, 3.63) is 52.5 Å². The number of aliphatic hydroxyl groups excluding tert-OH is 1. The van der Waals surface area contributed by atoms with E-state index in [9.17, 15) is 23.6 Å². The number of sulfone groups is 1. The van der Waals surface area contributed by atoms with Crippen molar-refractivity contribution in [3.63, 3.8) is 0 Å². The Morgan fingerprint density at radius 3 is 2.64 bits per heavy atom. The third kappa shape index (κ3) is 3.43. The zero-order chi connectivity index (χ0) is 16.3. The van der Waals surface area contributed by atoms with E-state index in [0.29, 0.717) is 11.4 Å². The van der Waals surface area contributed by atoms with Gasteiger partial charge < -0.3 is 14.8 Å². The van der Waals surface area contributed by atoms with Crippen LogP contribution in [0.4, 0.5) is 11.4 Å². The van der Waals surface area contributed by atoms with Gasteiger partial charge in [0.2, 0.25) is 0 Å². The Morgan fingerprint density at radius 2 is 2.14 bits per heavy atom. The molecule has 1 aromatic heterocycles. The van der Waals surface area contributed by atoms with Crippen LogP contribution in [-0.4, -0.2) is 31.3 Å². The van der Waals surface area contributed by atoms with Crippen molar-refractivity contribution in [2.75, 3.05) is 18.2 Å². The molecule has 0 bridgehead atoms. The van der Waals surface area contributed by atoms with Crippen molar-refractivity contribution in [2.24, 2.45) is 0 Å². The summed E-state index contributed by atoms with van der Waals surface area (Å²) in [5.41, 5.74) is -0.173. The topological polar surface area (TPSA) is 123 Å². The first kappa shape index (κ1) is 16.0. The molecule has 0 aliphatic rings. The van der Waals surface area contributed by atoms with E-state index < -0.39 is 31.4 Å². The molecule has 2 N–H and O–H groups in total. The molecule has 0 fully saturated rings. The molecular formula is C13H14N2O6S. The number of anilines is 1. The highest BCUT2D eigenvalue weighted by Gasteiger charge is 2.23. The zero-order valence-electron chi connectivity index (χ0n) is 11.6. The normalized spacial score (nSPS) is 12.8. The first-order chi connectivity index (χ1) is 10.3. The van der Waals surface area contributed by atoms with E-state index in [-0.39, 0.29) is 6.61 Å². The van der Waals surface area contributed by atoms with Crippen molar-refractivity contribution < 1.29 is 22.9 Å². The lowest BCUT2D eigenvalue weighted by Crippen LogP contribution is -2.14. The zero-order valence-corrected chi connectivity index (χ0v) is 12.4. The van der Waals surface area contributed by atoms with Crippen molar-refractivity contribution in [3.8, 4) is 0 Å². The van der Waals surface area contributed by atoms with Crippen molar-refractivity contribution in [1.29, 1.82) is 0 Å². The van der Waals surface area contributed by atoms with E-state index in [1.54, 1.807) is 12.1 Å². The van der Waals surface area contributed by atoms with E-state index in [1.807, 2.05) is 0 Å². The summed E-state index contributed by atoms with van der Waals surface area (Å²) in [5.74, 6) is 0.460. The van der Waals surface area contributed by atoms with E-state index >= 15 is 0 Å². The van der Waals surface area contributed by atoms with Gasteiger partial charge in [0.15, 0.2) is 9.84 Å². The highest BCUT2D eigenvalue weighted by molar-refractivity contribution is 7.90. The molecule has 1 aromatic carbocycles. The van der Waals surface area contributed by atoms with Crippen molar-refractivity contribution >= 4 is 21.2 Å². The molecule has 22 heavy (non-hydrogen) atoms. The summed E-state index contributed by atoms with van der Waals surface area (Å²) < 4.78 is 28.6. The molecule has 9 heteroatoms. The van der Waals surface area contributed by atoms with E-state index in [2.05, 4.69) is 5.32 Å². The molecule has 0 spiro atoms. The molecule has 0 saturated carbocycles. The van der Waals surface area contributed by atoms with Gasteiger partial charge in [-0.15, -0.1) is 0 Å². The Hall–Kier alpha value is -2.39. The minimum Gasteiger partial charge on any atom is -0.467 e. The van der Waals surface area contributed by atoms with Crippen LogP contribution in [0.3, 0.4) is 0 Å². The SMILES string of the molecule is CS(=O)(=O)c1cc(NC(CO)c2ccco2)ccc1[N+](=O)[O-]. The molecular weight excluding hydrogens is 312 g/mol. The maximum atomic E-state index is 11.7. The Kier molecular flexibility index (Phi) is 4.48. The molecule has 118 valence electrons. The van der Waals surface area contributed by atoms with Gasteiger partial charge in [0.05, 0.1) is 17.8 Å². The van der Waals surface area contributed by atoms with Gasteiger partial charge in [0.1, 0.15) is 16.7 Å². The molecule has 0 aliphatic carbocycles. The van der Waals surface area contributed by atoms with Gasteiger partial charge in [-0.3, -0.25) is 10.1 Å². The summed E-state index contributed by atoms with van der Waals surface area (Å²) in [6, 6.07) is 6.35. The molecule has 2 aromatic rings. The fraction of sp³-hybridized carbons (Fsp3) is 0.231. The molecule has 0 amide bonds. The summed E-state index contributed by atoms with van der Waals surface area (Å²) in [4.78, 5) is 9.77. The number of nitrogens with zero attached hydrogens (tertiary/aromatic N) is 1. The monoisotopic (exact) mass is 326 g/mol. The second kappa shape index (κ2) is 6.16. The molecule has 1 unspecified atom stereocenters. The van der Waals surface area contributed by atoms with Crippen LogP contribution >= 0.6 is 0 Å². The van der Waals surface area contributed by atoms with Crippen LogP contribution in [0.5, 0.6) is 0 Å². The lowest BCUT2D eigenvalue weighted by Gasteiger charge is -2.15. The van der Waals surface area contributed by atoms with E-state index in [4.69, 9.17) is 4.42 Å². The number of benzene rings is 1. The standard InChI is InChI=1S/C13H14N2O6S/c1-22(19,20)13-7-9(4-5-11(13)15(17)18)14-10(8-16)12-3-2-6-21-12/h2-7,10,14,16H,8H2,1H3. The second-order valence-corrected chi connectivity index (χ2v) is 6.59. The van der Waals surface area contributed by atoms with E-state index in [1.165, 1.54) is 18.4 Å². The Morgan fingerprint density at radius 1 is 1.41 bits per heavy atom. The molecule has 0 aliphatic heterocycles. The molecule has 0 saturated heterocycles. The number of nitro benzene ring substituents is 1. The fourth-order valence-corrected chi connectivity index (χ4v) is 2.81. The van der Waals surface area contributed by atoms with Crippen LogP contribution in [0.2, 0.25) is 0 Å². The van der Waals surface area contributed by atoms with Crippen LogP contribution in [0, 0.1) is 10.1 Å². The van der Waals surface area contributed by atoms with Gasteiger partial charge in [-0.25, -0.2) is 8.42 Å². The van der Waals surface area contributed by atoms with Gasteiger partial charge in [-0.05, 0) is 24.3 Å². The van der Waals surface area contributed by atoms with Crippen LogP contribution in [0.15, 0.2) is 45.9 Å². The third-order valence-electron chi connectivity index (χ3n) is 2.97. The number of rotatable bonds is 6. The van der Waals surface area contributed by atoms with E-state index in [0.717, 1.165) is 12.3 Å². The molecule has 2 rings (SSSR count). The predicted octanol–water partition coefficient (Wildman–Crippen LogP) is 1.74. The Bertz CT molecular complexity index is 770. The van der Waals surface area contributed by atoms with Crippen LogP contribution < -0.4 is 5.32 Å². The summed E-state index contributed by atoms with van der Waals surface area (Å²) >= 11 is 0. The summed E-state index contributed by atoms with van der Waals surface area (Å²) in [7, 11) is -3.76.